The van der Waals surface area contributed by atoms with E-state index in [9.17, 15) is 4.79 Å². The third-order valence-electron chi connectivity index (χ3n) is 3.83. The molecule has 0 amide bonds. The Hall–Kier alpha value is -2.44. The van der Waals surface area contributed by atoms with E-state index in [0.29, 0.717) is 12.1 Å². The van der Waals surface area contributed by atoms with Gasteiger partial charge in [-0.25, -0.2) is 0 Å². The molecule has 26 heavy (non-hydrogen) atoms. The van der Waals surface area contributed by atoms with Crippen LogP contribution in [0.1, 0.15) is 21.9 Å². The number of carboxylic acids is 1. The standard InChI is InChI=1S/C17H16AsN5O2S/c1-11-8-14(21-20-11)18-15-9-22(10-16-19-6-7-23(15)16)26-13-4-2-12(3-5-13)17(24)25/h2-9,18H,10H2,1H3,(H,20,21)(H,24,25). The Balaban J connectivity index is 1.56. The van der Waals surface area contributed by atoms with Gasteiger partial charge in [-0.05, 0) is 0 Å². The average Bonchev–Trinajstić information content (AvgIpc) is 3.24. The first-order chi connectivity index (χ1) is 12.6. The van der Waals surface area contributed by atoms with Crippen LogP contribution < -0.4 is 4.48 Å². The fourth-order valence-electron chi connectivity index (χ4n) is 2.61. The zero-order valence-electron chi connectivity index (χ0n) is 13.9. The Kier molecular flexibility index (Phi) is 4.61. The maximum atomic E-state index is 11.0. The Bertz CT molecular complexity index is 979. The number of aromatic nitrogens is 4. The van der Waals surface area contributed by atoms with Crippen LogP contribution in [0.5, 0.6) is 0 Å². The van der Waals surface area contributed by atoms with Crippen molar-refractivity contribution in [2.45, 2.75) is 18.4 Å². The molecule has 3 heterocycles. The number of nitrogens with zero attached hydrogens (tertiary/aromatic N) is 4. The fraction of sp³-hybridized carbons (Fsp3) is 0.118. The van der Waals surface area contributed by atoms with E-state index in [2.05, 4.69) is 36.3 Å². The number of imidazole rings is 1. The molecule has 0 saturated heterocycles. The van der Waals surface area contributed by atoms with Crippen molar-refractivity contribution in [2.24, 2.45) is 0 Å². The predicted molar refractivity (Wildman–Crippen MR) is 101 cm³/mol. The first-order valence-electron chi connectivity index (χ1n) is 7.90. The van der Waals surface area contributed by atoms with Gasteiger partial charge in [0, 0.05) is 0 Å². The summed E-state index contributed by atoms with van der Waals surface area (Å²) >= 11 is 0.973. The van der Waals surface area contributed by atoms with Gasteiger partial charge < -0.3 is 0 Å². The Morgan fingerprint density at radius 3 is 2.85 bits per heavy atom. The summed E-state index contributed by atoms with van der Waals surface area (Å²) in [6, 6.07) is 9.00. The summed E-state index contributed by atoms with van der Waals surface area (Å²) in [6.07, 6.45) is 5.96. The molecule has 1 atom stereocenters. The van der Waals surface area contributed by atoms with Crippen LogP contribution in [0.15, 0.2) is 53.8 Å². The second-order valence-corrected chi connectivity index (χ2v) is 9.58. The summed E-state index contributed by atoms with van der Waals surface area (Å²) in [5, 5.41) is 16.4. The van der Waals surface area contributed by atoms with Crippen molar-refractivity contribution in [2.75, 3.05) is 0 Å². The summed E-state index contributed by atoms with van der Waals surface area (Å²) in [4.78, 5) is 16.4. The van der Waals surface area contributed by atoms with E-state index in [-0.39, 0.29) is 0 Å². The van der Waals surface area contributed by atoms with Crippen molar-refractivity contribution in [3.05, 3.63) is 66.0 Å². The van der Waals surface area contributed by atoms with E-state index < -0.39 is 21.7 Å². The van der Waals surface area contributed by atoms with E-state index in [1.165, 1.54) is 4.48 Å². The summed E-state index contributed by atoms with van der Waals surface area (Å²) < 4.78 is 6.60. The first kappa shape index (κ1) is 17.0. The Labute approximate surface area is 160 Å². The van der Waals surface area contributed by atoms with Gasteiger partial charge in [0.15, 0.2) is 0 Å². The van der Waals surface area contributed by atoms with Crippen molar-refractivity contribution in [1.82, 2.24) is 24.1 Å². The van der Waals surface area contributed by atoms with Gasteiger partial charge in [0.25, 0.3) is 0 Å². The van der Waals surface area contributed by atoms with Crippen LogP contribution in [-0.2, 0) is 6.54 Å². The molecule has 0 bridgehead atoms. The molecule has 1 aliphatic rings. The number of aryl methyl sites for hydroxylation is 1. The quantitative estimate of drug-likeness (QED) is 0.474. The molecule has 1 aliphatic heterocycles. The number of benzene rings is 1. The number of aromatic amines is 1. The van der Waals surface area contributed by atoms with Crippen molar-refractivity contribution >= 4 is 42.6 Å². The predicted octanol–water partition coefficient (Wildman–Crippen LogP) is 1.65. The van der Waals surface area contributed by atoms with Crippen LogP contribution in [0.4, 0.5) is 0 Å². The minimum atomic E-state index is -0.913. The van der Waals surface area contributed by atoms with Crippen LogP contribution in [0, 0.1) is 6.92 Å². The van der Waals surface area contributed by atoms with Crippen molar-refractivity contribution < 1.29 is 9.90 Å². The van der Waals surface area contributed by atoms with Gasteiger partial charge in [-0.1, -0.05) is 0 Å². The Morgan fingerprint density at radius 2 is 2.15 bits per heavy atom. The minimum absolute atomic E-state index is 0.292. The zero-order chi connectivity index (χ0) is 18.1. The molecule has 0 spiro atoms. The fourth-order valence-corrected chi connectivity index (χ4v) is 6.20. The number of hydrogen-bond acceptors (Lipinski definition) is 5. The normalized spacial score (nSPS) is 13.9. The van der Waals surface area contributed by atoms with Gasteiger partial charge >= 0.3 is 161 Å². The third-order valence-corrected chi connectivity index (χ3v) is 7.17. The van der Waals surface area contributed by atoms with Gasteiger partial charge in [0.1, 0.15) is 0 Å². The molecule has 1 unspecified atom stereocenters. The van der Waals surface area contributed by atoms with Gasteiger partial charge in [0.05, 0.1) is 0 Å². The molecule has 2 aromatic heterocycles. The molecule has 3 aromatic rings. The number of carbonyl (C=O) groups is 1. The molecule has 0 radical (unpaired) electrons. The Morgan fingerprint density at radius 1 is 1.35 bits per heavy atom. The maximum absolute atomic E-state index is 11.0. The molecular formula is C17H16AsN5O2S. The van der Waals surface area contributed by atoms with Gasteiger partial charge in [-0.2, -0.15) is 0 Å². The number of carboxylic acid groups (broad SMARTS) is 1. The zero-order valence-corrected chi connectivity index (χ0v) is 16.8. The van der Waals surface area contributed by atoms with Crippen LogP contribution in [0.3, 0.4) is 0 Å². The van der Waals surface area contributed by atoms with E-state index in [4.69, 9.17) is 5.11 Å². The molecule has 1 aromatic carbocycles. The molecule has 0 fully saturated rings. The molecule has 2 N–H and O–H groups in total. The van der Waals surface area contributed by atoms with Gasteiger partial charge in [-0.15, -0.1) is 0 Å². The summed E-state index contributed by atoms with van der Waals surface area (Å²) in [5.41, 5.74) is 1.36. The van der Waals surface area contributed by atoms with Gasteiger partial charge in [0.2, 0.25) is 0 Å². The second-order valence-electron chi connectivity index (χ2n) is 5.79. The molecule has 7 nitrogen and oxygen atoms in total. The van der Waals surface area contributed by atoms with E-state index >= 15 is 0 Å². The number of hydrogen-bond donors (Lipinski definition) is 2. The number of fused-ring (bicyclic) bond motifs is 1. The third kappa shape index (κ3) is 3.56. The number of H-pyrrole nitrogens is 1. The monoisotopic (exact) mass is 429 g/mol. The van der Waals surface area contributed by atoms with E-state index in [0.717, 1.165) is 20.9 Å². The molecule has 4 rings (SSSR count). The second kappa shape index (κ2) is 7.05. The SMILES string of the molecule is Cc1cc([AsH]C2=CN(Sc3ccc(C(=O)O)cc3)Cc3nccn32)n[nH]1. The summed E-state index contributed by atoms with van der Waals surface area (Å²) in [6.45, 7) is 2.69. The number of nitrogens with one attached hydrogen (secondary N) is 1. The summed E-state index contributed by atoms with van der Waals surface area (Å²) in [5.74, 6) is 0.0802. The molecule has 132 valence electrons. The molecular weight excluding hydrogens is 413 g/mol. The number of rotatable bonds is 5. The van der Waals surface area contributed by atoms with Crippen molar-refractivity contribution in [3.8, 4) is 0 Å². The van der Waals surface area contributed by atoms with Crippen molar-refractivity contribution in [1.29, 1.82) is 0 Å². The van der Waals surface area contributed by atoms with E-state index in [1.54, 1.807) is 24.1 Å². The number of aromatic carboxylic acids is 1. The van der Waals surface area contributed by atoms with Gasteiger partial charge in [-0.3, -0.25) is 0 Å². The van der Waals surface area contributed by atoms with Crippen LogP contribution in [0.2, 0.25) is 0 Å². The average molecular weight is 429 g/mol. The molecule has 0 saturated carbocycles. The van der Waals surface area contributed by atoms with Crippen molar-refractivity contribution in [3.63, 3.8) is 0 Å². The molecule has 0 aliphatic carbocycles. The molecule has 9 heteroatoms. The first-order valence-corrected chi connectivity index (χ1v) is 10.8. The van der Waals surface area contributed by atoms with Crippen LogP contribution in [-0.4, -0.2) is 50.9 Å². The van der Waals surface area contributed by atoms with E-state index in [1.807, 2.05) is 31.5 Å². The topological polar surface area (TPSA) is 87.0 Å². The van der Waals surface area contributed by atoms with Crippen LogP contribution in [0.25, 0.3) is 4.48 Å². The van der Waals surface area contributed by atoms with Crippen LogP contribution >= 0.6 is 11.9 Å². The summed E-state index contributed by atoms with van der Waals surface area (Å²) in [7, 11) is 0.